The Bertz CT molecular complexity index is 801. The van der Waals surface area contributed by atoms with Crippen molar-refractivity contribution in [1.82, 2.24) is 23.9 Å². The highest BCUT2D eigenvalue weighted by Crippen LogP contribution is 2.23. The van der Waals surface area contributed by atoms with Crippen LogP contribution in [0.15, 0.2) is 18.5 Å². The quantitative estimate of drug-likeness (QED) is 0.620. The van der Waals surface area contributed by atoms with E-state index in [0.29, 0.717) is 25.3 Å². The smallest absolute Gasteiger partial charge is 0.407 e. The van der Waals surface area contributed by atoms with Crippen LogP contribution in [0.2, 0.25) is 0 Å². The first kappa shape index (κ1) is 22.7. The van der Waals surface area contributed by atoms with Gasteiger partial charge in [-0.1, -0.05) is 0 Å². The number of carboxylic acid groups (broad SMARTS) is 1. The van der Waals surface area contributed by atoms with Gasteiger partial charge in [-0.25, -0.2) is 14.8 Å². The largest absolute Gasteiger partial charge is 0.465 e. The number of carbonyl (C=O) groups is 1. The molecule has 2 saturated heterocycles. The lowest BCUT2D eigenvalue weighted by Crippen LogP contribution is -2.60. The number of amides is 1. The molecule has 0 radical (unpaired) electrons. The van der Waals surface area contributed by atoms with Crippen LogP contribution in [0.25, 0.3) is 0 Å². The average Bonchev–Trinajstić information content (AvgIpc) is 2.73. The van der Waals surface area contributed by atoms with Gasteiger partial charge in [0.15, 0.2) is 0 Å². The third-order valence-corrected chi connectivity index (χ3v) is 7.15. The first-order valence-corrected chi connectivity index (χ1v) is 11.5. The third-order valence-electron chi connectivity index (χ3n) is 5.59. The molecular formula is C18H30N6O5S. The molecule has 2 N–H and O–H groups in total. The van der Waals surface area contributed by atoms with Crippen LogP contribution < -0.4 is 9.62 Å². The molecule has 3 heterocycles. The molecule has 1 amide bonds. The third kappa shape index (κ3) is 5.56. The van der Waals surface area contributed by atoms with E-state index in [1.165, 1.54) is 19.0 Å². The van der Waals surface area contributed by atoms with Crippen molar-refractivity contribution in [3.8, 4) is 0 Å². The SMILES string of the molecule is CN(C)S(=O)(=O)N[C@H]1CCCN(C(=O)O)[C@H]1COC1CCN(c2ncccn2)CC1. The van der Waals surface area contributed by atoms with Crippen LogP contribution in [0, 0.1) is 0 Å². The molecule has 1 aromatic rings. The summed E-state index contributed by atoms with van der Waals surface area (Å²) in [6, 6.07) is 0.681. The topological polar surface area (TPSA) is 128 Å². The summed E-state index contributed by atoms with van der Waals surface area (Å²) in [7, 11) is -0.793. The van der Waals surface area contributed by atoms with Gasteiger partial charge >= 0.3 is 6.09 Å². The maximum atomic E-state index is 12.3. The van der Waals surface area contributed by atoms with Gasteiger partial charge < -0.3 is 19.6 Å². The van der Waals surface area contributed by atoms with Crippen LogP contribution in [0.3, 0.4) is 0 Å². The molecule has 0 unspecified atom stereocenters. The van der Waals surface area contributed by atoms with Crippen LogP contribution >= 0.6 is 0 Å². The van der Waals surface area contributed by atoms with E-state index in [2.05, 4.69) is 19.6 Å². The van der Waals surface area contributed by atoms with Crippen LogP contribution in [0.4, 0.5) is 10.7 Å². The Morgan fingerprint density at radius 1 is 1.23 bits per heavy atom. The Kier molecular flexibility index (Phi) is 7.45. The number of ether oxygens (including phenoxy) is 1. The zero-order valence-corrected chi connectivity index (χ0v) is 18.2. The molecule has 0 saturated carbocycles. The minimum Gasteiger partial charge on any atom is -0.465 e. The van der Waals surface area contributed by atoms with Crippen LogP contribution in [0.1, 0.15) is 25.7 Å². The van der Waals surface area contributed by atoms with Gasteiger partial charge in [0.05, 0.1) is 18.8 Å². The van der Waals surface area contributed by atoms with E-state index >= 15 is 0 Å². The molecule has 168 valence electrons. The van der Waals surface area contributed by atoms with Crippen molar-refractivity contribution in [3.05, 3.63) is 18.5 Å². The summed E-state index contributed by atoms with van der Waals surface area (Å²) < 4.78 is 34.4. The van der Waals surface area contributed by atoms with E-state index in [1.54, 1.807) is 18.5 Å². The number of likely N-dealkylation sites (tertiary alicyclic amines) is 1. The van der Waals surface area contributed by atoms with Crippen molar-refractivity contribution in [3.63, 3.8) is 0 Å². The predicted octanol–water partition coefficient (Wildman–Crippen LogP) is 0.369. The number of aromatic nitrogens is 2. The summed E-state index contributed by atoms with van der Waals surface area (Å²) in [5.41, 5.74) is 0. The summed E-state index contributed by atoms with van der Waals surface area (Å²) in [6.45, 7) is 2.02. The first-order chi connectivity index (χ1) is 14.3. The monoisotopic (exact) mass is 442 g/mol. The van der Waals surface area contributed by atoms with Gasteiger partial charge in [0.25, 0.3) is 10.2 Å². The maximum Gasteiger partial charge on any atom is 0.407 e. The van der Waals surface area contributed by atoms with Gasteiger partial charge in [-0.2, -0.15) is 17.4 Å². The van der Waals surface area contributed by atoms with E-state index in [0.717, 1.165) is 30.2 Å². The van der Waals surface area contributed by atoms with Crippen LogP contribution in [0.5, 0.6) is 0 Å². The van der Waals surface area contributed by atoms with Crippen molar-refractivity contribution >= 4 is 22.3 Å². The molecule has 2 aliphatic rings. The molecule has 2 aliphatic heterocycles. The molecule has 11 nitrogen and oxygen atoms in total. The number of rotatable bonds is 7. The second-order valence-electron chi connectivity index (χ2n) is 7.77. The lowest BCUT2D eigenvalue weighted by molar-refractivity contribution is -0.0160. The second kappa shape index (κ2) is 9.86. The highest BCUT2D eigenvalue weighted by atomic mass is 32.2. The van der Waals surface area contributed by atoms with E-state index in [1.807, 2.05) is 0 Å². The minimum atomic E-state index is -3.67. The molecule has 12 heteroatoms. The van der Waals surface area contributed by atoms with E-state index < -0.39 is 28.4 Å². The molecule has 0 bridgehead atoms. The van der Waals surface area contributed by atoms with Gasteiger partial charge in [0, 0.05) is 52.2 Å². The molecule has 0 aromatic carbocycles. The number of hydrogen-bond acceptors (Lipinski definition) is 7. The lowest BCUT2D eigenvalue weighted by Gasteiger charge is -2.41. The fraction of sp³-hybridized carbons (Fsp3) is 0.722. The van der Waals surface area contributed by atoms with Crippen LogP contribution in [-0.4, -0.2) is 97.3 Å². The Labute approximate surface area is 177 Å². The van der Waals surface area contributed by atoms with Gasteiger partial charge in [-0.05, 0) is 31.7 Å². The Morgan fingerprint density at radius 2 is 1.90 bits per heavy atom. The minimum absolute atomic E-state index is 0.0198. The molecule has 0 aliphatic carbocycles. The molecule has 3 rings (SSSR count). The number of anilines is 1. The van der Waals surface area contributed by atoms with Gasteiger partial charge in [-0.15, -0.1) is 0 Å². The Balaban J connectivity index is 1.59. The highest BCUT2D eigenvalue weighted by Gasteiger charge is 2.38. The fourth-order valence-corrected chi connectivity index (χ4v) is 4.71. The van der Waals surface area contributed by atoms with Crippen molar-refractivity contribution in [2.75, 3.05) is 45.2 Å². The molecule has 2 atom stereocenters. The number of piperidine rings is 2. The maximum absolute atomic E-state index is 12.3. The van der Waals surface area contributed by atoms with Gasteiger partial charge in [0.2, 0.25) is 5.95 Å². The molecule has 1 aromatic heterocycles. The first-order valence-electron chi connectivity index (χ1n) is 10.1. The second-order valence-corrected chi connectivity index (χ2v) is 9.68. The summed E-state index contributed by atoms with van der Waals surface area (Å²) in [6.07, 6.45) is 5.04. The zero-order valence-electron chi connectivity index (χ0n) is 17.3. The van der Waals surface area contributed by atoms with Crippen molar-refractivity contribution < 1.29 is 23.1 Å². The molecular weight excluding hydrogens is 412 g/mol. The normalized spacial score (nSPS) is 23.7. The number of nitrogens with zero attached hydrogens (tertiary/aromatic N) is 5. The Hall–Kier alpha value is -2.02. The standard InChI is InChI=1S/C18H30N6O5S/c1-22(2)30(27,28)21-15-5-3-10-24(18(25)26)16(15)13-29-14-6-11-23(12-7-14)17-19-8-4-9-20-17/h4,8-9,14-16,21H,3,5-7,10-13H2,1-2H3,(H,25,26)/t15-,16-/m0/s1. The van der Waals surface area contributed by atoms with Gasteiger partial charge in [-0.3, -0.25) is 0 Å². The fourth-order valence-electron chi connectivity index (χ4n) is 3.85. The van der Waals surface area contributed by atoms with E-state index in [9.17, 15) is 18.3 Å². The predicted molar refractivity (Wildman–Crippen MR) is 111 cm³/mol. The molecule has 30 heavy (non-hydrogen) atoms. The number of hydrogen-bond donors (Lipinski definition) is 2. The van der Waals surface area contributed by atoms with Crippen molar-refractivity contribution in [1.29, 1.82) is 0 Å². The molecule has 2 fully saturated rings. The zero-order chi connectivity index (χ0) is 21.7. The summed E-state index contributed by atoms with van der Waals surface area (Å²) in [4.78, 5) is 23.6. The van der Waals surface area contributed by atoms with Crippen molar-refractivity contribution in [2.45, 2.75) is 43.9 Å². The van der Waals surface area contributed by atoms with E-state index in [-0.39, 0.29) is 12.7 Å². The Morgan fingerprint density at radius 3 is 2.50 bits per heavy atom. The average molecular weight is 443 g/mol. The number of nitrogens with one attached hydrogen (secondary N) is 1. The van der Waals surface area contributed by atoms with Crippen LogP contribution in [-0.2, 0) is 14.9 Å². The summed E-state index contributed by atoms with van der Waals surface area (Å²) in [5.74, 6) is 0.693. The molecule has 0 spiro atoms. The van der Waals surface area contributed by atoms with E-state index in [4.69, 9.17) is 4.74 Å². The van der Waals surface area contributed by atoms with Crippen molar-refractivity contribution in [2.24, 2.45) is 0 Å². The summed E-state index contributed by atoms with van der Waals surface area (Å²) in [5, 5.41) is 9.59. The lowest BCUT2D eigenvalue weighted by atomic mass is 9.98. The van der Waals surface area contributed by atoms with Gasteiger partial charge in [0.1, 0.15) is 0 Å². The highest BCUT2D eigenvalue weighted by molar-refractivity contribution is 7.87. The summed E-state index contributed by atoms with van der Waals surface area (Å²) >= 11 is 0.